The number of carbonyl (C=O) groups excluding carboxylic acids is 2. The fraction of sp³-hybridized carbons (Fsp3) is 0.529. The number of likely N-dealkylation sites (tertiary alicyclic amines) is 1. The predicted octanol–water partition coefficient (Wildman–Crippen LogP) is 1.31. The van der Waals surface area contributed by atoms with Gasteiger partial charge in [0.2, 0.25) is 0 Å². The van der Waals surface area contributed by atoms with Crippen molar-refractivity contribution in [2.75, 3.05) is 20.1 Å². The van der Waals surface area contributed by atoms with E-state index in [0.29, 0.717) is 37.3 Å². The van der Waals surface area contributed by atoms with Gasteiger partial charge in [0.15, 0.2) is 5.60 Å². The molecule has 1 unspecified atom stereocenters. The van der Waals surface area contributed by atoms with E-state index >= 15 is 0 Å². The predicted molar refractivity (Wildman–Crippen MR) is 88.5 cm³/mol. The first-order valence-electron chi connectivity index (χ1n) is 8.14. The maximum atomic E-state index is 12.5. The summed E-state index contributed by atoms with van der Waals surface area (Å²) in [6.07, 6.45) is 2.71. The summed E-state index contributed by atoms with van der Waals surface area (Å²) in [6, 6.07) is 5.37. The van der Waals surface area contributed by atoms with Crippen molar-refractivity contribution < 1.29 is 14.4 Å². The molecule has 2 aliphatic rings. The Kier molecular flexibility index (Phi) is 4.26. The van der Waals surface area contributed by atoms with Gasteiger partial charge >= 0.3 is 0 Å². The molecule has 0 N–H and O–H groups in total. The van der Waals surface area contributed by atoms with E-state index < -0.39 is 5.60 Å². The van der Waals surface area contributed by atoms with E-state index in [-0.39, 0.29) is 17.9 Å². The SMILES string of the molecule is CC(C)N(C)C(=O)C1=NOC2(CCN(C(=O)c3ccccn3)C2)C1. The van der Waals surface area contributed by atoms with Crippen LogP contribution in [0.15, 0.2) is 29.6 Å². The summed E-state index contributed by atoms with van der Waals surface area (Å²) in [5, 5.41) is 4.01. The molecule has 1 spiro atoms. The van der Waals surface area contributed by atoms with Gasteiger partial charge in [-0.05, 0) is 26.0 Å². The topological polar surface area (TPSA) is 75.1 Å². The second-order valence-electron chi connectivity index (χ2n) is 6.69. The van der Waals surface area contributed by atoms with Gasteiger partial charge < -0.3 is 14.6 Å². The van der Waals surface area contributed by atoms with E-state index in [4.69, 9.17) is 4.84 Å². The summed E-state index contributed by atoms with van der Waals surface area (Å²) in [5.41, 5.74) is 0.274. The lowest BCUT2D eigenvalue weighted by Crippen LogP contribution is -2.41. The zero-order valence-electron chi connectivity index (χ0n) is 14.2. The van der Waals surface area contributed by atoms with Crippen molar-refractivity contribution in [1.82, 2.24) is 14.8 Å². The highest BCUT2D eigenvalue weighted by atomic mass is 16.7. The number of carbonyl (C=O) groups is 2. The molecule has 1 aromatic rings. The third-order valence-electron chi connectivity index (χ3n) is 4.67. The van der Waals surface area contributed by atoms with Gasteiger partial charge in [-0.2, -0.15) is 0 Å². The molecule has 24 heavy (non-hydrogen) atoms. The molecule has 2 amide bonds. The van der Waals surface area contributed by atoms with Gasteiger partial charge in [0.1, 0.15) is 11.4 Å². The molecule has 2 aliphatic heterocycles. The fourth-order valence-electron chi connectivity index (χ4n) is 2.96. The third-order valence-corrected chi connectivity index (χ3v) is 4.67. The largest absolute Gasteiger partial charge is 0.386 e. The Morgan fingerprint density at radius 1 is 1.38 bits per heavy atom. The molecule has 0 radical (unpaired) electrons. The van der Waals surface area contributed by atoms with Crippen molar-refractivity contribution >= 4 is 17.5 Å². The van der Waals surface area contributed by atoms with Crippen LogP contribution in [0.1, 0.15) is 37.2 Å². The van der Waals surface area contributed by atoms with Crippen molar-refractivity contribution in [2.24, 2.45) is 5.16 Å². The van der Waals surface area contributed by atoms with E-state index in [9.17, 15) is 9.59 Å². The lowest BCUT2D eigenvalue weighted by atomic mass is 9.96. The summed E-state index contributed by atoms with van der Waals surface area (Å²) in [4.78, 5) is 38.0. The highest BCUT2D eigenvalue weighted by Gasteiger charge is 2.48. The Labute approximate surface area is 141 Å². The molecule has 1 saturated heterocycles. The summed E-state index contributed by atoms with van der Waals surface area (Å²) < 4.78 is 0. The molecule has 1 fully saturated rings. The van der Waals surface area contributed by atoms with Gasteiger partial charge in [-0.15, -0.1) is 0 Å². The van der Waals surface area contributed by atoms with E-state index in [0.717, 1.165) is 0 Å². The van der Waals surface area contributed by atoms with E-state index in [2.05, 4.69) is 10.1 Å². The Hall–Kier alpha value is -2.44. The van der Waals surface area contributed by atoms with Crippen LogP contribution in [0.2, 0.25) is 0 Å². The monoisotopic (exact) mass is 330 g/mol. The highest BCUT2D eigenvalue weighted by molar-refractivity contribution is 6.39. The van der Waals surface area contributed by atoms with Crippen molar-refractivity contribution in [3.63, 3.8) is 0 Å². The van der Waals surface area contributed by atoms with Crippen LogP contribution in [0.25, 0.3) is 0 Å². The first-order chi connectivity index (χ1) is 11.4. The smallest absolute Gasteiger partial charge is 0.272 e. The van der Waals surface area contributed by atoms with E-state index in [1.165, 1.54) is 0 Å². The number of oxime groups is 1. The van der Waals surface area contributed by atoms with E-state index in [1.54, 1.807) is 41.2 Å². The first kappa shape index (κ1) is 16.4. The van der Waals surface area contributed by atoms with Crippen LogP contribution in [0, 0.1) is 0 Å². The molecule has 7 heteroatoms. The molecule has 0 aliphatic carbocycles. The zero-order valence-corrected chi connectivity index (χ0v) is 14.2. The van der Waals surface area contributed by atoms with Crippen LogP contribution in [-0.2, 0) is 9.63 Å². The fourth-order valence-corrected chi connectivity index (χ4v) is 2.96. The molecule has 3 heterocycles. The van der Waals surface area contributed by atoms with Gasteiger partial charge in [0.25, 0.3) is 11.8 Å². The van der Waals surface area contributed by atoms with Crippen LogP contribution in [0.5, 0.6) is 0 Å². The molecule has 1 aromatic heterocycles. The summed E-state index contributed by atoms with van der Waals surface area (Å²) in [6.45, 7) is 4.90. The quantitative estimate of drug-likeness (QED) is 0.837. The number of hydrogen-bond donors (Lipinski definition) is 0. The molecule has 0 aromatic carbocycles. The number of pyridine rings is 1. The average molecular weight is 330 g/mol. The van der Waals surface area contributed by atoms with Crippen molar-refractivity contribution in [3.8, 4) is 0 Å². The molecule has 3 rings (SSSR count). The van der Waals surface area contributed by atoms with Crippen LogP contribution in [0.3, 0.4) is 0 Å². The van der Waals surface area contributed by atoms with Crippen LogP contribution in [-0.4, -0.2) is 64.1 Å². The normalized spacial score (nSPS) is 22.7. The van der Waals surface area contributed by atoms with Crippen molar-refractivity contribution in [3.05, 3.63) is 30.1 Å². The maximum Gasteiger partial charge on any atom is 0.272 e. The first-order valence-corrected chi connectivity index (χ1v) is 8.14. The van der Waals surface area contributed by atoms with Crippen LogP contribution in [0.4, 0.5) is 0 Å². The number of hydrogen-bond acceptors (Lipinski definition) is 5. The lowest BCUT2D eigenvalue weighted by Gasteiger charge is -2.23. The molecule has 0 bridgehead atoms. The molecule has 7 nitrogen and oxygen atoms in total. The zero-order chi connectivity index (χ0) is 17.3. The molecular weight excluding hydrogens is 308 g/mol. The van der Waals surface area contributed by atoms with Crippen LogP contribution >= 0.6 is 0 Å². The third kappa shape index (κ3) is 2.98. The van der Waals surface area contributed by atoms with Gasteiger partial charge in [-0.25, -0.2) is 0 Å². The Morgan fingerprint density at radius 3 is 2.83 bits per heavy atom. The number of amides is 2. The Morgan fingerprint density at radius 2 is 2.17 bits per heavy atom. The molecule has 0 saturated carbocycles. The van der Waals surface area contributed by atoms with Crippen molar-refractivity contribution in [1.29, 1.82) is 0 Å². The summed E-state index contributed by atoms with van der Waals surface area (Å²) in [5.74, 6) is -0.230. The Balaban J connectivity index is 1.64. The summed E-state index contributed by atoms with van der Waals surface area (Å²) >= 11 is 0. The highest BCUT2D eigenvalue weighted by Crippen LogP contribution is 2.34. The second kappa shape index (κ2) is 6.22. The minimum Gasteiger partial charge on any atom is -0.386 e. The summed E-state index contributed by atoms with van der Waals surface area (Å²) in [7, 11) is 1.76. The lowest BCUT2D eigenvalue weighted by molar-refractivity contribution is -0.124. The van der Waals surface area contributed by atoms with Crippen molar-refractivity contribution in [2.45, 2.75) is 38.3 Å². The molecule has 128 valence electrons. The second-order valence-corrected chi connectivity index (χ2v) is 6.69. The number of aromatic nitrogens is 1. The molecular formula is C17H22N4O3. The standard InChI is InChI=1S/C17H22N4O3/c1-12(2)20(3)15(22)14-10-17(24-19-14)7-9-21(11-17)16(23)13-6-4-5-8-18-13/h4-6,8,12H,7,9-11H2,1-3H3. The Bertz CT molecular complexity index is 674. The minimum atomic E-state index is -0.576. The van der Waals surface area contributed by atoms with Gasteiger partial charge in [0, 0.05) is 38.7 Å². The van der Waals surface area contributed by atoms with Gasteiger partial charge in [0.05, 0.1) is 6.54 Å². The molecule has 1 atom stereocenters. The van der Waals surface area contributed by atoms with Gasteiger partial charge in [-0.1, -0.05) is 11.2 Å². The van der Waals surface area contributed by atoms with E-state index in [1.807, 2.05) is 13.8 Å². The van der Waals surface area contributed by atoms with Gasteiger partial charge in [-0.3, -0.25) is 14.6 Å². The minimum absolute atomic E-state index is 0.0996. The number of rotatable bonds is 3. The van der Waals surface area contributed by atoms with Crippen LogP contribution < -0.4 is 0 Å². The number of nitrogens with zero attached hydrogens (tertiary/aromatic N) is 4. The maximum absolute atomic E-state index is 12.5. The average Bonchev–Trinajstić information content (AvgIpc) is 3.21.